The van der Waals surface area contributed by atoms with Crippen LogP contribution < -0.4 is 5.56 Å². The molecule has 0 fully saturated rings. The fourth-order valence-electron chi connectivity index (χ4n) is 3.49. The quantitative estimate of drug-likeness (QED) is 0.236. The van der Waals surface area contributed by atoms with Crippen LogP contribution in [0.5, 0.6) is 0 Å². The van der Waals surface area contributed by atoms with Crippen LogP contribution in [0.3, 0.4) is 0 Å². The molecular weight excluding hydrogens is 414 g/mol. The van der Waals surface area contributed by atoms with Crippen LogP contribution in [-0.4, -0.2) is 24.1 Å². The van der Waals surface area contributed by atoms with Crippen LogP contribution in [0.1, 0.15) is 5.56 Å². The van der Waals surface area contributed by atoms with Crippen LogP contribution in [0.15, 0.2) is 88.8 Å². The molecule has 2 aromatic heterocycles. The van der Waals surface area contributed by atoms with E-state index in [9.17, 15) is 14.9 Å². The fourth-order valence-corrected chi connectivity index (χ4v) is 4.37. The molecule has 2 heterocycles. The highest BCUT2D eigenvalue weighted by molar-refractivity contribution is 7.98. The first-order valence-corrected chi connectivity index (χ1v) is 10.4. The predicted octanol–water partition coefficient (Wildman–Crippen LogP) is 4.23. The smallest absolute Gasteiger partial charge is 0.268 e. The Labute approximate surface area is 179 Å². The van der Waals surface area contributed by atoms with E-state index in [0.717, 1.165) is 5.56 Å². The third-order valence-electron chi connectivity index (χ3n) is 4.90. The molecule has 0 amide bonds. The zero-order valence-corrected chi connectivity index (χ0v) is 16.9. The Morgan fingerprint density at radius 3 is 2.52 bits per heavy atom. The maximum Gasteiger partial charge on any atom is 0.269 e. The first-order valence-electron chi connectivity index (χ1n) is 9.44. The highest BCUT2D eigenvalue weighted by Crippen LogP contribution is 2.26. The van der Waals surface area contributed by atoms with Crippen molar-refractivity contribution in [3.63, 3.8) is 0 Å². The maximum atomic E-state index is 13.2. The van der Waals surface area contributed by atoms with Crippen LogP contribution >= 0.6 is 11.8 Å². The summed E-state index contributed by atoms with van der Waals surface area (Å²) in [6.45, 7) is 0. The Kier molecular flexibility index (Phi) is 4.72. The summed E-state index contributed by atoms with van der Waals surface area (Å²) in [6, 6.07) is 23.2. The van der Waals surface area contributed by atoms with Gasteiger partial charge in [-0.3, -0.25) is 19.3 Å². The monoisotopic (exact) mass is 429 g/mol. The second kappa shape index (κ2) is 7.69. The Morgan fingerprint density at radius 1 is 0.935 bits per heavy atom. The van der Waals surface area contributed by atoms with Crippen molar-refractivity contribution in [3.8, 4) is 5.69 Å². The predicted molar refractivity (Wildman–Crippen MR) is 119 cm³/mol. The summed E-state index contributed by atoms with van der Waals surface area (Å²) < 4.78 is 3.40. The molecule has 0 aliphatic heterocycles. The Bertz CT molecular complexity index is 1490. The van der Waals surface area contributed by atoms with Crippen molar-refractivity contribution in [2.45, 2.75) is 10.9 Å². The van der Waals surface area contributed by atoms with E-state index in [1.807, 2.05) is 59.0 Å². The molecule has 0 saturated carbocycles. The highest BCUT2D eigenvalue weighted by atomic mass is 32.2. The van der Waals surface area contributed by atoms with Crippen molar-refractivity contribution in [1.82, 2.24) is 19.2 Å². The van der Waals surface area contributed by atoms with Gasteiger partial charge in [-0.25, -0.2) is 4.57 Å². The van der Waals surface area contributed by atoms with Gasteiger partial charge in [-0.2, -0.15) is 0 Å². The van der Waals surface area contributed by atoms with Crippen LogP contribution in [0.25, 0.3) is 22.4 Å². The summed E-state index contributed by atoms with van der Waals surface area (Å²) in [7, 11) is 0. The van der Waals surface area contributed by atoms with Crippen molar-refractivity contribution in [2.75, 3.05) is 0 Å². The summed E-state index contributed by atoms with van der Waals surface area (Å²) in [5, 5.41) is 20.8. The molecule has 0 spiro atoms. The van der Waals surface area contributed by atoms with Gasteiger partial charge < -0.3 is 0 Å². The van der Waals surface area contributed by atoms with Gasteiger partial charge >= 0.3 is 0 Å². The Morgan fingerprint density at radius 2 is 1.71 bits per heavy atom. The molecule has 0 aliphatic rings. The van der Waals surface area contributed by atoms with Gasteiger partial charge in [-0.15, -0.1) is 10.2 Å². The van der Waals surface area contributed by atoms with Crippen LogP contribution in [-0.2, 0) is 5.75 Å². The Hall–Kier alpha value is -3.98. The molecule has 31 heavy (non-hydrogen) atoms. The molecule has 152 valence electrons. The largest absolute Gasteiger partial charge is 0.269 e. The third kappa shape index (κ3) is 3.34. The maximum absolute atomic E-state index is 13.2. The average molecular weight is 429 g/mol. The number of benzene rings is 3. The van der Waals surface area contributed by atoms with E-state index in [4.69, 9.17) is 0 Å². The van der Waals surface area contributed by atoms with E-state index < -0.39 is 4.92 Å². The molecule has 5 rings (SSSR count). The normalized spacial score (nSPS) is 11.2. The zero-order valence-electron chi connectivity index (χ0n) is 16.1. The second-order valence-corrected chi connectivity index (χ2v) is 7.77. The number of rotatable bonds is 5. The molecule has 0 bridgehead atoms. The fraction of sp³-hybridized carbons (Fsp3) is 0.0455. The van der Waals surface area contributed by atoms with Crippen LogP contribution in [0, 0.1) is 10.1 Å². The van der Waals surface area contributed by atoms with E-state index in [2.05, 4.69) is 10.2 Å². The number of aromatic nitrogens is 4. The molecule has 0 unspecified atom stereocenters. The van der Waals surface area contributed by atoms with Gasteiger partial charge in [0.05, 0.1) is 21.5 Å². The second-order valence-electron chi connectivity index (χ2n) is 6.83. The molecule has 0 aliphatic carbocycles. The van der Waals surface area contributed by atoms with Gasteiger partial charge in [0.2, 0.25) is 5.78 Å². The summed E-state index contributed by atoms with van der Waals surface area (Å²) in [5.74, 6) is 0.887. The van der Waals surface area contributed by atoms with Gasteiger partial charge in [0.1, 0.15) is 0 Å². The van der Waals surface area contributed by atoms with Crippen LogP contribution in [0.2, 0.25) is 0 Å². The van der Waals surface area contributed by atoms with Gasteiger partial charge in [0.25, 0.3) is 11.2 Å². The number of non-ortho nitro benzene ring substituents is 1. The minimum atomic E-state index is -0.410. The van der Waals surface area contributed by atoms with Gasteiger partial charge in [-0.1, -0.05) is 54.2 Å². The number of hydrogen-bond donors (Lipinski definition) is 0. The molecule has 8 nitrogen and oxygen atoms in total. The number of fused-ring (bicyclic) bond motifs is 3. The van der Waals surface area contributed by atoms with Crippen molar-refractivity contribution < 1.29 is 4.92 Å². The molecule has 0 N–H and O–H groups in total. The lowest BCUT2D eigenvalue weighted by Crippen LogP contribution is -2.21. The van der Waals surface area contributed by atoms with E-state index in [-0.39, 0.29) is 11.2 Å². The van der Waals surface area contributed by atoms with Gasteiger partial charge in [0, 0.05) is 17.9 Å². The summed E-state index contributed by atoms with van der Waals surface area (Å²) in [5.41, 5.74) is 2.09. The highest BCUT2D eigenvalue weighted by Gasteiger charge is 2.18. The van der Waals surface area contributed by atoms with Crippen molar-refractivity contribution in [1.29, 1.82) is 0 Å². The molecule has 3 aromatic carbocycles. The zero-order chi connectivity index (χ0) is 21.4. The molecule has 9 heteroatoms. The summed E-state index contributed by atoms with van der Waals surface area (Å²) in [6.07, 6.45) is 0. The lowest BCUT2D eigenvalue weighted by atomic mass is 10.2. The van der Waals surface area contributed by atoms with Crippen molar-refractivity contribution in [3.05, 3.63) is 105 Å². The third-order valence-corrected chi connectivity index (χ3v) is 5.90. The minimum Gasteiger partial charge on any atom is -0.268 e. The number of hydrogen-bond acceptors (Lipinski definition) is 6. The number of para-hydroxylation sites is 2. The van der Waals surface area contributed by atoms with E-state index >= 15 is 0 Å². The number of nitro groups is 1. The molecule has 0 atom stereocenters. The van der Waals surface area contributed by atoms with Crippen molar-refractivity contribution in [2.24, 2.45) is 0 Å². The topological polar surface area (TPSA) is 95.3 Å². The lowest BCUT2D eigenvalue weighted by Gasteiger charge is -2.11. The lowest BCUT2D eigenvalue weighted by molar-refractivity contribution is -0.384. The van der Waals surface area contributed by atoms with Gasteiger partial charge in [0.15, 0.2) is 5.16 Å². The molecular formula is C22H15N5O3S. The molecule has 0 saturated heterocycles. The standard InChI is InChI=1S/C22H15N5O3S/c28-20-18-11-4-5-12-19(18)26-21(25(20)16-8-2-1-3-9-16)23-24-22(26)31-14-15-7-6-10-17(13-15)27(29)30/h1-13H,14H2. The van der Waals surface area contributed by atoms with E-state index in [1.165, 1.54) is 17.8 Å². The van der Waals surface area contributed by atoms with E-state index in [1.54, 1.807) is 22.8 Å². The molecule has 5 aromatic rings. The number of nitro benzene ring substituents is 1. The molecule has 0 radical (unpaired) electrons. The van der Waals surface area contributed by atoms with Crippen molar-refractivity contribution >= 4 is 34.1 Å². The minimum absolute atomic E-state index is 0.0487. The average Bonchev–Trinajstić information content (AvgIpc) is 3.22. The SMILES string of the molecule is O=c1c2ccccc2n2c(SCc3cccc([N+](=O)[O-])c3)nnc2n1-c1ccccc1. The first kappa shape index (κ1) is 19.0. The number of thioether (sulfide) groups is 1. The summed E-state index contributed by atoms with van der Waals surface area (Å²) >= 11 is 1.41. The van der Waals surface area contributed by atoms with E-state index in [0.29, 0.717) is 33.3 Å². The Balaban J connectivity index is 1.66. The first-order chi connectivity index (χ1) is 15.1. The number of nitrogens with zero attached hydrogens (tertiary/aromatic N) is 5. The summed E-state index contributed by atoms with van der Waals surface area (Å²) in [4.78, 5) is 23.9. The van der Waals surface area contributed by atoms with Crippen LogP contribution in [0.4, 0.5) is 5.69 Å². The van der Waals surface area contributed by atoms with Gasteiger partial charge in [-0.05, 0) is 29.8 Å².